The lowest BCUT2D eigenvalue weighted by molar-refractivity contribution is 0.154. The van der Waals surface area contributed by atoms with E-state index in [2.05, 4.69) is 38.8 Å². The van der Waals surface area contributed by atoms with Crippen molar-refractivity contribution in [2.45, 2.75) is 13.5 Å². The molecule has 0 bridgehead atoms. The smallest absolute Gasteiger partial charge is 0.157 e. The summed E-state index contributed by atoms with van der Waals surface area (Å²) in [6.45, 7) is 3.87. The summed E-state index contributed by atoms with van der Waals surface area (Å²) in [5.74, 6) is 0.911. The summed E-state index contributed by atoms with van der Waals surface area (Å²) in [7, 11) is 0. The van der Waals surface area contributed by atoms with E-state index in [4.69, 9.17) is 16.3 Å². The van der Waals surface area contributed by atoms with Crippen molar-refractivity contribution in [1.29, 1.82) is 0 Å². The van der Waals surface area contributed by atoms with Crippen LogP contribution in [0.25, 0.3) is 28.0 Å². The molecule has 0 spiro atoms. The highest BCUT2D eigenvalue weighted by Gasteiger charge is 2.15. The van der Waals surface area contributed by atoms with Crippen LogP contribution in [0.15, 0.2) is 60.7 Å². The minimum atomic E-state index is 0.442. The molecule has 0 aliphatic rings. The van der Waals surface area contributed by atoms with E-state index in [1.165, 1.54) is 5.56 Å². The van der Waals surface area contributed by atoms with Gasteiger partial charge in [0.05, 0.1) is 24.2 Å². The van der Waals surface area contributed by atoms with Gasteiger partial charge in [-0.3, -0.25) is 0 Å². The number of hydrogen-bond acceptors (Lipinski definition) is 3. The number of imidazole rings is 1. The van der Waals surface area contributed by atoms with E-state index in [0.29, 0.717) is 24.9 Å². The third-order valence-corrected chi connectivity index (χ3v) is 4.78. The van der Waals surface area contributed by atoms with Crippen molar-refractivity contribution in [3.05, 3.63) is 77.2 Å². The van der Waals surface area contributed by atoms with Gasteiger partial charge in [-0.05, 0) is 18.6 Å². The van der Waals surface area contributed by atoms with Crippen molar-refractivity contribution in [1.82, 2.24) is 14.5 Å². The standard InChI is InChI=1S/C22H20ClN3O/c1-16-24-20-21(18-11-5-6-12-19(18)25-22(20)23)26(16)13-15-27-14-7-10-17-8-3-2-4-9-17/h2-12H,13-15H2,1H3/b10-7+. The van der Waals surface area contributed by atoms with Crippen LogP contribution < -0.4 is 0 Å². The first-order valence-corrected chi connectivity index (χ1v) is 9.32. The molecular formula is C22H20ClN3O. The van der Waals surface area contributed by atoms with Crippen molar-refractivity contribution in [3.8, 4) is 0 Å². The fraction of sp³-hybridized carbons (Fsp3) is 0.182. The molecule has 0 aliphatic heterocycles. The van der Waals surface area contributed by atoms with Crippen LogP contribution in [0, 0.1) is 6.92 Å². The van der Waals surface area contributed by atoms with Crippen LogP contribution in [0.4, 0.5) is 0 Å². The van der Waals surface area contributed by atoms with Gasteiger partial charge in [0.25, 0.3) is 0 Å². The maximum atomic E-state index is 6.35. The first-order valence-electron chi connectivity index (χ1n) is 8.94. The van der Waals surface area contributed by atoms with Gasteiger partial charge in [0, 0.05) is 11.9 Å². The molecule has 0 aliphatic carbocycles. The summed E-state index contributed by atoms with van der Waals surface area (Å²) in [4.78, 5) is 9.07. The van der Waals surface area contributed by atoms with Crippen LogP contribution in [0.2, 0.25) is 5.15 Å². The van der Waals surface area contributed by atoms with Gasteiger partial charge in [-0.1, -0.05) is 72.3 Å². The van der Waals surface area contributed by atoms with Crippen molar-refractivity contribution in [2.24, 2.45) is 0 Å². The second kappa shape index (κ2) is 7.91. The number of benzene rings is 2. The lowest BCUT2D eigenvalue weighted by atomic mass is 10.2. The van der Waals surface area contributed by atoms with Crippen LogP contribution in [-0.4, -0.2) is 27.7 Å². The molecule has 0 saturated carbocycles. The van der Waals surface area contributed by atoms with Gasteiger partial charge in [0.1, 0.15) is 11.3 Å². The molecule has 0 saturated heterocycles. The monoisotopic (exact) mass is 377 g/mol. The number of ether oxygens (including phenoxy) is 1. The van der Waals surface area contributed by atoms with Crippen molar-refractivity contribution < 1.29 is 4.74 Å². The maximum Gasteiger partial charge on any atom is 0.157 e. The average molecular weight is 378 g/mol. The summed E-state index contributed by atoms with van der Waals surface area (Å²) in [5, 5.41) is 1.50. The van der Waals surface area contributed by atoms with Crippen LogP contribution in [0.3, 0.4) is 0 Å². The van der Waals surface area contributed by atoms with Crippen LogP contribution in [-0.2, 0) is 11.3 Å². The van der Waals surface area contributed by atoms with Gasteiger partial charge < -0.3 is 9.30 Å². The maximum absolute atomic E-state index is 6.35. The minimum absolute atomic E-state index is 0.442. The highest BCUT2D eigenvalue weighted by molar-refractivity contribution is 6.35. The molecular weight excluding hydrogens is 358 g/mol. The molecule has 4 aromatic rings. The number of hydrogen-bond donors (Lipinski definition) is 0. The molecule has 0 radical (unpaired) electrons. The number of halogens is 1. The Labute approximate surface area is 163 Å². The molecule has 2 aromatic carbocycles. The van der Waals surface area contributed by atoms with Gasteiger partial charge in [0.2, 0.25) is 0 Å². The van der Waals surface area contributed by atoms with Gasteiger partial charge >= 0.3 is 0 Å². The van der Waals surface area contributed by atoms with E-state index in [1.807, 2.05) is 49.4 Å². The van der Waals surface area contributed by atoms with E-state index in [9.17, 15) is 0 Å². The van der Waals surface area contributed by atoms with Crippen molar-refractivity contribution >= 4 is 39.6 Å². The molecule has 0 N–H and O–H groups in total. The Morgan fingerprint density at radius 3 is 2.67 bits per heavy atom. The van der Waals surface area contributed by atoms with Crippen molar-refractivity contribution in [3.63, 3.8) is 0 Å². The Balaban J connectivity index is 1.49. The van der Waals surface area contributed by atoms with E-state index in [-0.39, 0.29) is 0 Å². The lowest BCUT2D eigenvalue weighted by Crippen LogP contribution is -2.08. The predicted octanol–water partition coefficient (Wildman–Crippen LogP) is 5.28. The molecule has 0 unspecified atom stereocenters. The van der Waals surface area contributed by atoms with Gasteiger partial charge in [-0.15, -0.1) is 0 Å². The number of nitrogens with zero attached hydrogens (tertiary/aromatic N) is 3. The van der Waals surface area contributed by atoms with Gasteiger partial charge in [-0.2, -0.15) is 0 Å². The number of aryl methyl sites for hydroxylation is 1. The Bertz CT molecular complexity index is 1100. The molecule has 0 amide bonds. The summed E-state index contributed by atoms with van der Waals surface area (Å²) >= 11 is 6.35. The number of fused-ring (bicyclic) bond motifs is 3. The number of para-hydroxylation sites is 1. The number of aromatic nitrogens is 3. The zero-order chi connectivity index (χ0) is 18.6. The summed E-state index contributed by atoms with van der Waals surface area (Å²) in [6, 6.07) is 18.2. The molecule has 2 heterocycles. The Morgan fingerprint density at radius 2 is 1.81 bits per heavy atom. The summed E-state index contributed by atoms with van der Waals surface area (Å²) in [6.07, 6.45) is 4.10. The fourth-order valence-corrected chi connectivity index (χ4v) is 3.46. The van der Waals surface area contributed by atoms with Gasteiger partial charge in [0.15, 0.2) is 5.15 Å². The summed E-state index contributed by atoms with van der Waals surface area (Å²) < 4.78 is 7.95. The molecule has 27 heavy (non-hydrogen) atoms. The third kappa shape index (κ3) is 3.72. The molecule has 0 fully saturated rings. The molecule has 5 heteroatoms. The van der Waals surface area contributed by atoms with Crippen LogP contribution in [0.5, 0.6) is 0 Å². The minimum Gasteiger partial charge on any atom is -0.376 e. The van der Waals surface area contributed by atoms with E-state index in [0.717, 1.165) is 27.8 Å². The Kier molecular flexibility index (Phi) is 5.19. The van der Waals surface area contributed by atoms with E-state index < -0.39 is 0 Å². The SMILES string of the molecule is Cc1nc2c(Cl)nc3ccccc3c2n1CCOC/C=C/c1ccccc1. The second-order valence-corrected chi connectivity index (χ2v) is 6.67. The third-order valence-electron chi connectivity index (χ3n) is 4.51. The zero-order valence-corrected chi connectivity index (χ0v) is 15.9. The molecule has 4 rings (SSSR count). The predicted molar refractivity (Wildman–Crippen MR) is 111 cm³/mol. The number of rotatable bonds is 6. The molecule has 4 nitrogen and oxygen atoms in total. The normalized spacial score (nSPS) is 11.8. The highest BCUT2D eigenvalue weighted by atomic mass is 35.5. The average Bonchev–Trinajstić information content (AvgIpc) is 3.03. The second-order valence-electron chi connectivity index (χ2n) is 6.32. The number of pyridine rings is 1. The molecule has 2 aromatic heterocycles. The Hall–Kier alpha value is -2.69. The Morgan fingerprint density at radius 1 is 1.04 bits per heavy atom. The lowest BCUT2D eigenvalue weighted by Gasteiger charge is -2.09. The van der Waals surface area contributed by atoms with Gasteiger partial charge in [-0.25, -0.2) is 9.97 Å². The van der Waals surface area contributed by atoms with Crippen molar-refractivity contribution in [2.75, 3.05) is 13.2 Å². The van der Waals surface area contributed by atoms with Crippen LogP contribution in [0.1, 0.15) is 11.4 Å². The van der Waals surface area contributed by atoms with E-state index >= 15 is 0 Å². The summed E-state index contributed by atoms with van der Waals surface area (Å²) in [5.41, 5.74) is 3.82. The fourth-order valence-electron chi connectivity index (χ4n) is 3.24. The molecule has 136 valence electrons. The largest absolute Gasteiger partial charge is 0.376 e. The highest BCUT2D eigenvalue weighted by Crippen LogP contribution is 2.29. The first kappa shape index (κ1) is 17.7. The topological polar surface area (TPSA) is 39.9 Å². The first-order chi connectivity index (χ1) is 13.2. The van der Waals surface area contributed by atoms with E-state index in [1.54, 1.807) is 0 Å². The quantitative estimate of drug-likeness (QED) is 0.339. The van der Waals surface area contributed by atoms with Crippen LogP contribution >= 0.6 is 11.6 Å². The zero-order valence-electron chi connectivity index (χ0n) is 15.1. The molecule has 0 atom stereocenters.